The first-order valence-electron chi connectivity index (χ1n) is 12.0. The predicted molar refractivity (Wildman–Crippen MR) is 129 cm³/mol. The lowest BCUT2D eigenvalue weighted by molar-refractivity contribution is 0.0985. The highest BCUT2D eigenvalue weighted by Crippen LogP contribution is 2.46. The molecule has 1 saturated carbocycles. The number of benzene rings is 1. The van der Waals surface area contributed by atoms with E-state index >= 15 is 0 Å². The maximum atomic E-state index is 14.1. The Balaban J connectivity index is 1.74. The number of nitrogens with one attached hydrogen (secondary N) is 1. The molecule has 0 unspecified atom stereocenters. The summed E-state index contributed by atoms with van der Waals surface area (Å²) < 4.78 is 1.50. The van der Waals surface area contributed by atoms with Crippen molar-refractivity contribution >= 4 is 22.6 Å². The van der Waals surface area contributed by atoms with Crippen LogP contribution in [0.1, 0.15) is 80.4 Å². The second-order valence-electron chi connectivity index (χ2n) is 9.37. The van der Waals surface area contributed by atoms with Gasteiger partial charge in [0.25, 0.3) is 11.5 Å². The van der Waals surface area contributed by atoms with E-state index in [2.05, 4.69) is 24.9 Å². The molecule has 0 bridgehead atoms. The molecule has 0 atom stereocenters. The van der Waals surface area contributed by atoms with Gasteiger partial charge in [-0.2, -0.15) is 0 Å². The Morgan fingerprint density at radius 1 is 1.15 bits per heavy atom. The van der Waals surface area contributed by atoms with Crippen molar-refractivity contribution in [1.82, 2.24) is 14.5 Å². The Kier molecular flexibility index (Phi) is 5.22. The number of nitrogens with zero attached hydrogens (tertiary/aromatic N) is 3. The van der Waals surface area contributed by atoms with Crippen molar-refractivity contribution in [1.29, 1.82) is 0 Å². The van der Waals surface area contributed by atoms with E-state index in [1.54, 1.807) is 6.07 Å². The number of anilines is 1. The van der Waals surface area contributed by atoms with Crippen LogP contribution in [-0.4, -0.2) is 27.0 Å². The van der Waals surface area contributed by atoms with Crippen LogP contribution in [0.2, 0.25) is 0 Å². The van der Waals surface area contributed by atoms with Gasteiger partial charge in [-0.3, -0.25) is 19.1 Å². The highest BCUT2D eigenvalue weighted by molar-refractivity contribution is 6.14. The molecule has 1 aliphatic heterocycles. The zero-order valence-corrected chi connectivity index (χ0v) is 19.5. The summed E-state index contributed by atoms with van der Waals surface area (Å²) in [5.41, 5.74) is 2.41. The lowest BCUT2D eigenvalue weighted by Crippen LogP contribution is -2.38. The molecule has 0 spiro atoms. The maximum absolute atomic E-state index is 14.1. The minimum atomic E-state index is -0.551. The molecule has 0 saturated heterocycles. The molecular formula is C26H30N4O3. The van der Waals surface area contributed by atoms with Gasteiger partial charge in [0, 0.05) is 35.8 Å². The highest BCUT2D eigenvalue weighted by atomic mass is 16.2. The number of rotatable bonds is 6. The van der Waals surface area contributed by atoms with Crippen molar-refractivity contribution in [2.45, 2.75) is 70.8 Å². The molecule has 1 aliphatic carbocycles. The van der Waals surface area contributed by atoms with E-state index in [1.165, 1.54) is 10.1 Å². The van der Waals surface area contributed by atoms with Crippen molar-refractivity contribution in [3.05, 3.63) is 68.0 Å². The molecule has 5 rings (SSSR count). The number of aryl methyl sites for hydroxylation is 1. The fraction of sp³-hybridized carbons (Fsp3) is 0.462. The number of pyridine rings is 1. The number of carbonyl (C=O) groups is 1. The van der Waals surface area contributed by atoms with Crippen molar-refractivity contribution in [2.24, 2.45) is 0 Å². The smallest absolute Gasteiger partial charge is 0.307 e. The summed E-state index contributed by atoms with van der Waals surface area (Å²) in [6.45, 7) is 7.30. The van der Waals surface area contributed by atoms with E-state index < -0.39 is 11.2 Å². The van der Waals surface area contributed by atoms with Crippen molar-refractivity contribution in [3.63, 3.8) is 0 Å². The van der Waals surface area contributed by atoms with Crippen LogP contribution < -0.4 is 16.1 Å². The van der Waals surface area contributed by atoms with Gasteiger partial charge in [-0.25, -0.2) is 9.78 Å². The first-order valence-corrected chi connectivity index (χ1v) is 12.0. The molecule has 2 aliphatic rings. The Morgan fingerprint density at radius 3 is 2.55 bits per heavy atom. The second kappa shape index (κ2) is 7.97. The topological polar surface area (TPSA) is 88.1 Å². The second-order valence-corrected chi connectivity index (χ2v) is 9.37. The lowest BCUT2D eigenvalue weighted by Gasteiger charge is -2.27. The van der Waals surface area contributed by atoms with Gasteiger partial charge in [-0.15, -0.1) is 0 Å². The van der Waals surface area contributed by atoms with Crippen LogP contribution in [0.15, 0.2) is 39.9 Å². The largest absolute Gasteiger partial charge is 0.329 e. The fourth-order valence-corrected chi connectivity index (χ4v) is 5.29. The summed E-state index contributed by atoms with van der Waals surface area (Å²) in [4.78, 5) is 48.6. The van der Waals surface area contributed by atoms with Crippen LogP contribution in [0.5, 0.6) is 0 Å². The van der Waals surface area contributed by atoms with Crippen molar-refractivity contribution in [3.8, 4) is 0 Å². The van der Waals surface area contributed by atoms with Crippen molar-refractivity contribution in [2.75, 3.05) is 11.4 Å². The molecule has 3 heterocycles. The lowest BCUT2D eigenvalue weighted by atomic mass is 9.78. The average Bonchev–Trinajstić information content (AvgIpc) is 3.62. The first kappa shape index (κ1) is 21.6. The number of amides is 1. The monoisotopic (exact) mass is 446 g/mol. The van der Waals surface area contributed by atoms with E-state index in [4.69, 9.17) is 4.98 Å². The summed E-state index contributed by atoms with van der Waals surface area (Å²) >= 11 is 0. The van der Waals surface area contributed by atoms with Gasteiger partial charge in [-0.05, 0) is 49.8 Å². The molecule has 0 radical (unpaired) electrons. The molecule has 2 aromatic heterocycles. The first-order chi connectivity index (χ1) is 15.9. The van der Waals surface area contributed by atoms with Crippen LogP contribution >= 0.6 is 0 Å². The molecular weight excluding hydrogens is 416 g/mol. The summed E-state index contributed by atoms with van der Waals surface area (Å²) in [5.74, 6) is 0.0781. The summed E-state index contributed by atoms with van der Waals surface area (Å²) in [7, 11) is 0. The Morgan fingerprint density at radius 2 is 1.88 bits per heavy atom. The number of H-pyrrole nitrogens is 1. The number of aromatic nitrogens is 3. The van der Waals surface area contributed by atoms with Gasteiger partial charge >= 0.3 is 5.69 Å². The summed E-state index contributed by atoms with van der Waals surface area (Å²) in [6, 6.07) is 9.86. The molecule has 172 valence electrons. The van der Waals surface area contributed by atoms with Crippen LogP contribution in [0, 0.1) is 0 Å². The Labute approximate surface area is 192 Å². The number of carbonyl (C=O) groups excluding carboxylic acids is 1. The standard InChI is InChI=1S/C26H30N4O3/c1-4-13-29-22-21(23(31)28-25(29)33)17(14-19(27-22)16-11-12-16)24(32)30-15-26(5-2,6-3)18-9-7-8-10-20(18)30/h7-10,14,16H,4-6,11-13,15H2,1-3H3,(H,28,31,33). The van der Waals surface area contributed by atoms with Gasteiger partial charge < -0.3 is 4.90 Å². The van der Waals surface area contributed by atoms with E-state index in [0.717, 1.165) is 37.1 Å². The van der Waals surface area contributed by atoms with E-state index in [1.807, 2.05) is 30.0 Å². The molecule has 3 aromatic rings. The molecule has 1 aromatic carbocycles. The molecule has 7 heteroatoms. The van der Waals surface area contributed by atoms with Crippen LogP contribution in [0.3, 0.4) is 0 Å². The zero-order chi connectivity index (χ0) is 23.3. The Hall–Kier alpha value is -3.22. The zero-order valence-electron chi connectivity index (χ0n) is 19.5. The molecule has 1 N–H and O–H groups in total. The average molecular weight is 447 g/mol. The molecule has 33 heavy (non-hydrogen) atoms. The fourth-order valence-electron chi connectivity index (χ4n) is 5.29. The van der Waals surface area contributed by atoms with Crippen LogP contribution in [0.25, 0.3) is 11.0 Å². The van der Waals surface area contributed by atoms with Gasteiger partial charge in [0.05, 0.1) is 10.9 Å². The van der Waals surface area contributed by atoms with E-state index in [9.17, 15) is 14.4 Å². The number of hydrogen-bond acceptors (Lipinski definition) is 4. The van der Waals surface area contributed by atoms with Gasteiger partial charge in [-0.1, -0.05) is 39.0 Å². The Bertz CT molecular complexity index is 1360. The third kappa shape index (κ3) is 3.33. The number of aromatic amines is 1. The van der Waals surface area contributed by atoms with E-state index in [-0.39, 0.29) is 22.6 Å². The molecule has 1 fully saturated rings. The molecule has 7 nitrogen and oxygen atoms in total. The molecule has 1 amide bonds. The third-order valence-electron chi connectivity index (χ3n) is 7.47. The summed E-state index contributed by atoms with van der Waals surface area (Å²) in [5, 5.41) is 0.209. The normalized spacial score (nSPS) is 16.9. The van der Waals surface area contributed by atoms with Gasteiger partial charge in [0.2, 0.25) is 0 Å². The van der Waals surface area contributed by atoms with Gasteiger partial charge in [0.1, 0.15) is 0 Å². The van der Waals surface area contributed by atoms with E-state index in [0.29, 0.717) is 30.7 Å². The van der Waals surface area contributed by atoms with Crippen molar-refractivity contribution < 1.29 is 4.79 Å². The minimum Gasteiger partial charge on any atom is -0.307 e. The summed E-state index contributed by atoms with van der Waals surface area (Å²) in [6.07, 6.45) is 4.58. The maximum Gasteiger partial charge on any atom is 0.329 e. The number of hydrogen-bond donors (Lipinski definition) is 1. The quantitative estimate of drug-likeness (QED) is 0.618. The minimum absolute atomic E-state index is 0.106. The predicted octanol–water partition coefficient (Wildman–Crippen LogP) is 4.09. The number of fused-ring (bicyclic) bond motifs is 2. The number of para-hydroxylation sites is 1. The third-order valence-corrected chi connectivity index (χ3v) is 7.47. The van der Waals surface area contributed by atoms with Gasteiger partial charge in [0.15, 0.2) is 5.65 Å². The SMILES string of the molecule is CCCn1c(=O)[nH]c(=O)c2c(C(=O)N3CC(CC)(CC)c4ccccc43)cc(C3CC3)nc21. The van der Waals surface area contributed by atoms with Crippen LogP contribution in [-0.2, 0) is 12.0 Å². The van der Waals surface area contributed by atoms with Crippen LogP contribution in [0.4, 0.5) is 5.69 Å². The highest BCUT2D eigenvalue weighted by Gasteiger charge is 2.43.